The van der Waals surface area contributed by atoms with E-state index in [2.05, 4.69) is 33.0 Å². The van der Waals surface area contributed by atoms with Crippen LogP contribution in [0.25, 0.3) is 0 Å². The van der Waals surface area contributed by atoms with Crippen molar-refractivity contribution in [1.82, 2.24) is 5.32 Å². The molecule has 0 saturated heterocycles. The van der Waals surface area contributed by atoms with Crippen LogP contribution in [0, 0.1) is 11.8 Å². The summed E-state index contributed by atoms with van der Waals surface area (Å²) in [4.78, 5) is 25.9. The Morgan fingerprint density at radius 2 is 1.49 bits per heavy atom. The van der Waals surface area contributed by atoms with Gasteiger partial charge in [0.05, 0.1) is 25.9 Å². The minimum absolute atomic E-state index is 0.0424. The second-order valence-electron chi connectivity index (χ2n) is 13.1. The van der Waals surface area contributed by atoms with Crippen LogP contribution in [0.2, 0.25) is 0 Å². The van der Waals surface area contributed by atoms with Gasteiger partial charge >= 0.3 is 12.1 Å². The molecule has 0 aromatic heterocycles. The van der Waals surface area contributed by atoms with Crippen LogP contribution < -0.4 is 10.1 Å². The maximum Gasteiger partial charge on any atom is 0.408 e. The summed E-state index contributed by atoms with van der Waals surface area (Å²) in [6.07, 6.45) is 3.96. The number of ether oxygens (including phenoxy) is 5. The van der Waals surface area contributed by atoms with E-state index in [1.54, 1.807) is 27.9 Å². The number of hydrogen-bond acceptors (Lipinski definition) is 7. The number of methoxy groups -OCH3 is 1. The molecule has 0 heterocycles. The van der Waals surface area contributed by atoms with E-state index in [9.17, 15) is 9.59 Å². The van der Waals surface area contributed by atoms with E-state index < -0.39 is 23.7 Å². The second kappa shape index (κ2) is 20.1. The third-order valence-electron chi connectivity index (χ3n) is 7.55. The van der Waals surface area contributed by atoms with Gasteiger partial charge in [-0.05, 0) is 89.0 Å². The topological polar surface area (TPSA) is 92.3 Å². The molecule has 8 nitrogen and oxygen atoms in total. The van der Waals surface area contributed by atoms with Crippen molar-refractivity contribution in [2.75, 3.05) is 13.7 Å². The van der Waals surface area contributed by atoms with Crippen LogP contribution in [0.5, 0.6) is 5.75 Å². The first-order chi connectivity index (χ1) is 21.4. The average molecular weight is 628 g/mol. The van der Waals surface area contributed by atoms with Crippen LogP contribution in [0.15, 0.2) is 54.6 Å². The molecule has 0 fully saturated rings. The summed E-state index contributed by atoms with van der Waals surface area (Å²) in [5, 5.41) is 2.76. The highest BCUT2D eigenvalue weighted by atomic mass is 16.6. The molecule has 8 heteroatoms. The monoisotopic (exact) mass is 627 g/mol. The van der Waals surface area contributed by atoms with E-state index in [1.165, 1.54) is 0 Å². The standard InChI is InChI=1S/C37H57NO7/c1-9-24-42-34(32(23-18-27(2)3)28(4)43-25-30-19-21-31(41-8)22-20-30)17-13-16-33(38-36(40)45-37(5,6)7)35(39)44-26-29-14-11-10-12-15-29/h10-12,14-15,19-22,27-28,32-34H,9,13,16-18,23-26H2,1-8H3,(H,38,40)/t28-,32-,33-,34-/m0/s1. The Balaban J connectivity index is 2.13. The molecule has 0 saturated carbocycles. The molecular formula is C37H57NO7. The van der Waals surface area contributed by atoms with Gasteiger partial charge in [-0.1, -0.05) is 69.7 Å². The molecule has 1 amide bonds. The maximum absolute atomic E-state index is 13.2. The number of amides is 1. The highest BCUT2D eigenvalue weighted by Gasteiger charge is 2.30. The molecule has 2 aromatic carbocycles. The zero-order valence-corrected chi connectivity index (χ0v) is 28.8. The summed E-state index contributed by atoms with van der Waals surface area (Å²) in [5.74, 6) is 1.05. The number of hydrogen-bond donors (Lipinski definition) is 1. The lowest BCUT2D eigenvalue weighted by molar-refractivity contribution is -0.147. The summed E-state index contributed by atoms with van der Waals surface area (Å²) in [6.45, 7) is 15.4. The van der Waals surface area contributed by atoms with Crippen molar-refractivity contribution in [3.05, 3.63) is 65.7 Å². The Morgan fingerprint density at radius 1 is 0.822 bits per heavy atom. The van der Waals surface area contributed by atoms with Crippen LogP contribution in [-0.2, 0) is 37.0 Å². The number of benzene rings is 2. The molecule has 252 valence electrons. The first-order valence-electron chi connectivity index (χ1n) is 16.5. The first-order valence-corrected chi connectivity index (χ1v) is 16.5. The Morgan fingerprint density at radius 3 is 2.09 bits per heavy atom. The molecule has 0 radical (unpaired) electrons. The molecule has 0 unspecified atom stereocenters. The molecule has 0 aliphatic rings. The summed E-state index contributed by atoms with van der Waals surface area (Å²) in [6, 6.07) is 16.6. The quantitative estimate of drug-likeness (QED) is 0.148. The molecule has 4 atom stereocenters. The molecule has 45 heavy (non-hydrogen) atoms. The fourth-order valence-electron chi connectivity index (χ4n) is 5.06. The van der Waals surface area contributed by atoms with E-state index in [1.807, 2.05) is 54.6 Å². The number of carbonyl (C=O) groups is 2. The van der Waals surface area contributed by atoms with E-state index in [-0.39, 0.29) is 24.7 Å². The number of carbonyl (C=O) groups excluding carboxylic acids is 2. The summed E-state index contributed by atoms with van der Waals surface area (Å²) in [5.41, 5.74) is 1.28. The lowest BCUT2D eigenvalue weighted by Crippen LogP contribution is -2.44. The fourth-order valence-corrected chi connectivity index (χ4v) is 5.06. The van der Waals surface area contributed by atoms with Crippen molar-refractivity contribution in [3.63, 3.8) is 0 Å². The molecule has 0 aliphatic heterocycles. The van der Waals surface area contributed by atoms with Gasteiger partial charge in [-0.2, -0.15) is 0 Å². The van der Waals surface area contributed by atoms with Crippen LogP contribution in [-0.4, -0.2) is 49.6 Å². The molecule has 2 aromatic rings. The highest BCUT2D eigenvalue weighted by molar-refractivity contribution is 5.81. The van der Waals surface area contributed by atoms with Gasteiger partial charge in [-0.25, -0.2) is 9.59 Å². The molecule has 2 rings (SSSR count). The van der Waals surface area contributed by atoms with Crippen molar-refractivity contribution in [3.8, 4) is 5.75 Å². The first kappa shape index (κ1) is 38.1. The van der Waals surface area contributed by atoms with Crippen LogP contribution >= 0.6 is 0 Å². The minimum atomic E-state index is -0.840. The highest BCUT2D eigenvalue weighted by Crippen LogP contribution is 2.28. The van der Waals surface area contributed by atoms with E-state index in [4.69, 9.17) is 23.7 Å². The predicted octanol–water partition coefficient (Wildman–Crippen LogP) is 8.25. The Hall–Kier alpha value is -3.10. The predicted molar refractivity (Wildman–Crippen MR) is 178 cm³/mol. The van der Waals surface area contributed by atoms with E-state index in [0.717, 1.165) is 42.6 Å². The lowest BCUT2D eigenvalue weighted by Gasteiger charge is -2.33. The number of nitrogens with one attached hydrogen (secondary N) is 1. The van der Waals surface area contributed by atoms with Crippen molar-refractivity contribution in [2.24, 2.45) is 11.8 Å². The van der Waals surface area contributed by atoms with Crippen LogP contribution in [0.4, 0.5) is 4.79 Å². The third kappa shape index (κ3) is 15.6. The Kier molecular flexibility index (Phi) is 17.0. The van der Waals surface area contributed by atoms with Gasteiger partial charge in [0.2, 0.25) is 0 Å². The van der Waals surface area contributed by atoms with Crippen molar-refractivity contribution in [2.45, 2.75) is 124 Å². The van der Waals surface area contributed by atoms with Crippen molar-refractivity contribution >= 4 is 12.1 Å². The number of esters is 1. The summed E-state index contributed by atoms with van der Waals surface area (Å²) < 4.78 is 29.2. The number of alkyl carbamates (subject to hydrolysis) is 1. The zero-order valence-electron chi connectivity index (χ0n) is 28.8. The second-order valence-corrected chi connectivity index (χ2v) is 13.1. The van der Waals surface area contributed by atoms with Gasteiger partial charge in [0.15, 0.2) is 0 Å². The molecule has 0 spiro atoms. The summed E-state index contributed by atoms with van der Waals surface area (Å²) >= 11 is 0. The van der Waals surface area contributed by atoms with Crippen molar-refractivity contribution in [1.29, 1.82) is 0 Å². The summed E-state index contributed by atoms with van der Waals surface area (Å²) in [7, 11) is 1.66. The van der Waals surface area contributed by atoms with Gasteiger partial charge in [0.1, 0.15) is 24.0 Å². The van der Waals surface area contributed by atoms with Gasteiger partial charge < -0.3 is 29.0 Å². The molecular weight excluding hydrogens is 570 g/mol. The normalized spacial score (nSPS) is 14.3. The Bertz CT molecular complexity index is 1100. The number of rotatable bonds is 20. The smallest absolute Gasteiger partial charge is 0.408 e. The van der Waals surface area contributed by atoms with Gasteiger partial charge in [-0.3, -0.25) is 0 Å². The SMILES string of the molecule is CCCO[C@@H](CCC[C@H](NC(=O)OC(C)(C)C)C(=O)OCc1ccccc1)[C@@H](CCC(C)C)[C@H](C)OCc1ccc(OC)cc1. The molecule has 1 N–H and O–H groups in total. The largest absolute Gasteiger partial charge is 0.497 e. The zero-order chi connectivity index (χ0) is 33.2. The Labute approximate surface area is 271 Å². The van der Waals surface area contributed by atoms with Gasteiger partial charge in [0, 0.05) is 12.5 Å². The van der Waals surface area contributed by atoms with E-state index >= 15 is 0 Å². The molecule has 0 aliphatic carbocycles. The maximum atomic E-state index is 13.2. The van der Waals surface area contributed by atoms with Gasteiger partial charge in [0.25, 0.3) is 0 Å². The average Bonchev–Trinajstić information content (AvgIpc) is 3.00. The van der Waals surface area contributed by atoms with Crippen LogP contribution in [0.3, 0.4) is 0 Å². The third-order valence-corrected chi connectivity index (χ3v) is 7.55. The van der Waals surface area contributed by atoms with Gasteiger partial charge in [-0.15, -0.1) is 0 Å². The van der Waals surface area contributed by atoms with Crippen LogP contribution in [0.1, 0.15) is 98.1 Å². The van der Waals surface area contributed by atoms with E-state index in [0.29, 0.717) is 32.0 Å². The lowest BCUT2D eigenvalue weighted by atomic mass is 9.86. The fraction of sp³-hybridized carbons (Fsp3) is 0.622. The van der Waals surface area contributed by atoms with Crippen molar-refractivity contribution < 1.29 is 33.3 Å². The molecule has 0 bridgehead atoms. The minimum Gasteiger partial charge on any atom is -0.497 e.